The minimum Gasteiger partial charge on any atom is -0.481 e. The van der Waals surface area contributed by atoms with Gasteiger partial charge in [0, 0.05) is 11.8 Å². The molecular weight excluding hydrogens is 332 g/mol. The number of methoxy groups -OCH3 is 1. The molecular formula is C19H22N4O3. The third-order valence-electron chi connectivity index (χ3n) is 4.23. The molecule has 0 bridgehead atoms. The van der Waals surface area contributed by atoms with Gasteiger partial charge in [0.25, 0.3) is 5.91 Å². The third-order valence-corrected chi connectivity index (χ3v) is 4.23. The second-order valence-corrected chi connectivity index (χ2v) is 6.45. The fourth-order valence-electron chi connectivity index (χ4n) is 2.94. The summed E-state index contributed by atoms with van der Waals surface area (Å²) in [7, 11) is 1.53. The number of fused-ring (bicyclic) bond motifs is 1. The number of anilines is 2. The van der Waals surface area contributed by atoms with Gasteiger partial charge >= 0.3 is 0 Å². The van der Waals surface area contributed by atoms with Crippen LogP contribution in [0.15, 0.2) is 42.6 Å². The predicted molar refractivity (Wildman–Crippen MR) is 99.1 cm³/mol. The molecule has 1 aromatic heterocycles. The quantitative estimate of drug-likeness (QED) is 0.862. The van der Waals surface area contributed by atoms with Gasteiger partial charge in [-0.25, -0.2) is 4.98 Å². The van der Waals surface area contributed by atoms with E-state index in [0.717, 1.165) is 5.69 Å². The van der Waals surface area contributed by atoms with Crippen molar-refractivity contribution in [2.24, 2.45) is 5.92 Å². The Kier molecular flexibility index (Phi) is 5.06. The van der Waals surface area contributed by atoms with Gasteiger partial charge in [-0.05, 0) is 24.1 Å². The highest BCUT2D eigenvalue weighted by Gasteiger charge is 2.34. The van der Waals surface area contributed by atoms with Crippen molar-refractivity contribution in [2.45, 2.75) is 20.0 Å². The van der Waals surface area contributed by atoms with Crippen LogP contribution >= 0.6 is 0 Å². The summed E-state index contributed by atoms with van der Waals surface area (Å²) in [5.74, 6) is 0.177. The largest absolute Gasteiger partial charge is 0.481 e. The van der Waals surface area contributed by atoms with Crippen LogP contribution in [0.25, 0.3) is 0 Å². The molecule has 1 aliphatic heterocycles. The Morgan fingerprint density at radius 3 is 2.73 bits per heavy atom. The van der Waals surface area contributed by atoms with E-state index in [2.05, 4.69) is 15.6 Å². The molecule has 2 N–H and O–H groups in total. The van der Waals surface area contributed by atoms with Gasteiger partial charge in [-0.2, -0.15) is 0 Å². The molecule has 2 amide bonds. The first-order valence-electron chi connectivity index (χ1n) is 8.46. The van der Waals surface area contributed by atoms with Gasteiger partial charge < -0.3 is 20.3 Å². The summed E-state index contributed by atoms with van der Waals surface area (Å²) in [6.07, 6.45) is 1.26. The van der Waals surface area contributed by atoms with E-state index in [1.807, 2.05) is 32.0 Å². The lowest BCUT2D eigenvalue weighted by Gasteiger charge is -2.39. The molecule has 0 radical (unpaired) electrons. The number of hydrogen-bond acceptors (Lipinski definition) is 5. The Bertz CT molecular complexity index is 805. The Labute approximate surface area is 152 Å². The zero-order valence-corrected chi connectivity index (χ0v) is 15.0. The van der Waals surface area contributed by atoms with E-state index < -0.39 is 0 Å². The normalized spacial score (nSPS) is 16.1. The van der Waals surface area contributed by atoms with E-state index in [4.69, 9.17) is 4.74 Å². The molecule has 0 spiro atoms. The van der Waals surface area contributed by atoms with Gasteiger partial charge in [0.05, 0.1) is 24.6 Å². The minimum atomic E-state index is -0.280. The summed E-state index contributed by atoms with van der Waals surface area (Å²) in [5.41, 5.74) is 1.92. The second kappa shape index (κ2) is 7.43. The van der Waals surface area contributed by atoms with Crippen LogP contribution in [-0.2, 0) is 4.79 Å². The van der Waals surface area contributed by atoms with Crippen molar-refractivity contribution in [1.82, 2.24) is 9.88 Å². The number of rotatable bonds is 5. The molecule has 1 atom stereocenters. The topological polar surface area (TPSA) is 83.6 Å². The molecule has 0 aliphatic carbocycles. The molecule has 0 saturated carbocycles. The summed E-state index contributed by atoms with van der Waals surface area (Å²) >= 11 is 0. The maximum atomic E-state index is 12.9. The van der Waals surface area contributed by atoms with Crippen LogP contribution in [-0.4, -0.2) is 41.5 Å². The van der Waals surface area contributed by atoms with E-state index in [9.17, 15) is 9.59 Å². The van der Waals surface area contributed by atoms with E-state index in [0.29, 0.717) is 17.1 Å². The van der Waals surface area contributed by atoms with Crippen LogP contribution in [0.2, 0.25) is 0 Å². The molecule has 136 valence electrons. The van der Waals surface area contributed by atoms with E-state index in [1.165, 1.54) is 13.3 Å². The Morgan fingerprint density at radius 2 is 2.08 bits per heavy atom. The number of para-hydroxylation sites is 1. The summed E-state index contributed by atoms with van der Waals surface area (Å²) in [6, 6.07) is 10.7. The molecule has 0 unspecified atom stereocenters. The van der Waals surface area contributed by atoms with Crippen molar-refractivity contribution in [3.63, 3.8) is 0 Å². The second-order valence-electron chi connectivity index (χ2n) is 6.45. The summed E-state index contributed by atoms with van der Waals surface area (Å²) in [5, 5.41) is 6.12. The number of hydrogen-bond donors (Lipinski definition) is 2. The van der Waals surface area contributed by atoms with Gasteiger partial charge in [-0.1, -0.05) is 26.0 Å². The number of ether oxygens (including phenoxy) is 1. The lowest BCUT2D eigenvalue weighted by molar-refractivity contribution is -0.117. The molecule has 0 saturated heterocycles. The first-order valence-corrected chi connectivity index (χ1v) is 8.46. The lowest BCUT2D eigenvalue weighted by atomic mass is 10.0. The van der Waals surface area contributed by atoms with E-state index in [1.54, 1.807) is 23.1 Å². The van der Waals surface area contributed by atoms with E-state index >= 15 is 0 Å². The van der Waals surface area contributed by atoms with Gasteiger partial charge in [0.15, 0.2) is 0 Å². The minimum absolute atomic E-state index is 0.0466. The van der Waals surface area contributed by atoms with Crippen LogP contribution in [0.4, 0.5) is 11.4 Å². The highest BCUT2D eigenvalue weighted by Crippen LogP contribution is 2.28. The van der Waals surface area contributed by atoms with Crippen LogP contribution in [0.5, 0.6) is 5.88 Å². The number of carbonyl (C=O) groups excluding carboxylic acids is 2. The average Bonchev–Trinajstić information content (AvgIpc) is 2.64. The first kappa shape index (κ1) is 17.7. The maximum absolute atomic E-state index is 12.9. The van der Waals surface area contributed by atoms with Crippen LogP contribution in [0, 0.1) is 5.92 Å². The first-order chi connectivity index (χ1) is 12.5. The van der Waals surface area contributed by atoms with Crippen molar-refractivity contribution in [3.8, 4) is 5.88 Å². The van der Waals surface area contributed by atoms with Gasteiger partial charge in [0.1, 0.15) is 12.7 Å². The molecule has 2 heterocycles. The monoisotopic (exact) mass is 354 g/mol. The van der Waals surface area contributed by atoms with Crippen molar-refractivity contribution in [3.05, 3.63) is 48.2 Å². The molecule has 7 nitrogen and oxygen atoms in total. The zero-order chi connectivity index (χ0) is 18.7. The lowest BCUT2D eigenvalue weighted by Crippen LogP contribution is -2.53. The Morgan fingerprint density at radius 1 is 1.31 bits per heavy atom. The van der Waals surface area contributed by atoms with Gasteiger partial charge in [-0.15, -0.1) is 0 Å². The number of nitrogens with zero attached hydrogens (tertiary/aromatic N) is 2. The molecule has 0 fully saturated rings. The molecule has 26 heavy (non-hydrogen) atoms. The predicted octanol–water partition coefficient (Wildman–Crippen LogP) is 2.58. The molecule has 7 heteroatoms. The molecule has 1 aliphatic rings. The summed E-state index contributed by atoms with van der Waals surface area (Å²) in [4.78, 5) is 31.0. The fourth-order valence-corrected chi connectivity index (χ4v) is 2.94. The standard InChI is InChI=1S/C19H22N4O3/c1-12(2)18-22-15-7-5-4-6-14(15)19(25)23(18)11-16(24)21-13-8-9-17(26-3)20-10-13/h4-10,12,18,22H,11H2,1-3H3,(H,21,24)/t18-/m0/s1. The number of nitrogens with one attached hydrogen (secondary N) is 2. The number of carbonyl (C=O) groups is 2. The summed E-state index contributed by atoms with van der Waals surface area (Å²) < 4.78 is 5.00. The SMILES string of the molecule is COc1ccc(NC(=O)CN2C(=O)c3ccccc3N[C@@H]2C(C)C)cn1. The van der Waals surface area contributed by atoms with Crippen molar-refractivity contribution in [2.75, 3.05) is 24.3 Å². The molecule has 3 rings (SSSR count). The molecule has 1 aromatic carbocycles. The van der Waals surface area contributed by atoms with Gasteiger partial charge in [-0.3, -0.25) is 9.59 Å². The smallest absolute Gasteiger partial charge is 0.258 e. The highest BCUT2D eigenvalue weighted by atomic mass is 16.5. The van der Waals surface area contributed by atoms with Gasteiger partial charge in [0.2, 0.25) is 11.8 Å². The third kappa shape index (κ3) is 3.61. The number of aromatic nitrogens is 1. The van der Waals surface area contributed by atoms with Crippen LogP contribution in [0.1, 0.15) is 24.2 Å². The summed E-state index contributed by atoms with van der Waals surface area (Å²) in [6.45, 7) is 3.98. The number of amides is 2. The van der Waals surface area contributed by atoms with Crippen LogP contribution in [0.3, 0.4) is 0 Å². The maximum Gasteiger partial charge on any atom is 0.258 e. The Hall–Kier alpha value is -3.09. The Balaban J connectivity index is 1.75. The zero-order valence-electron chi connectivity index (χ0n) is 15.0. The van der Waals surface area contributed by atoms with E-state index in [-0.39, 0.29) is 30.4 Å². The van der Waals surface area contributed by atoms with Crippen molar-refractivity contribution in [1.29, 1.82) is 0 Å². The molecule has 2 aromatic rings. The van der Waals surface area contributed by atoms with Crippen LogP contribution < -0.4 is 15.4 Å². The highest BCUT2D eigenvalue weighted by molar-refractivity contribution is 6.04. The number of pyridine rings is 1. The van der Waals surface area contributed by atoms with Crippen molar-refractivity contribution >= 4 is 23.2 Å². The number of benzene rings is 1. The van der Waals surface area contributed by atoms with Crippen molar-refractivity contribution < 1.29 is 14.3 Å². The average molecular weight is 354 g/mol. The fraction of sp³-hybridized carbons (Fsp3) is 0.316.